The highest BCUT2D eigenvalue weighted by molar-refractivity contribution is 7.99. The van der Waals surface area contributed by atoms with Crippen LogP contribution < -0.4 is 10.1 Å². The van der Waals surface area contributed by atoms with Gasteiger partial charge in [0.15, 0.2) is 11.0 Å². The topological polar surface area (TPSA) is 69.0 Å². The number of para-hydroxylation sites is 1. The van der Waals surface area contributed by atoms with Gasteiger partial charge in [-0.15, -0.1) is 10.2 Å². The molecule has 162 valence electrons. The molecule has 1 heterocycles. The summed E-state index contributed by atoms with van der Waals surface area (Å²) < 4.78 is 20.7. The Kier molecular flexibility index (Phi) is 6.72. The highest BCUT2D eigenvalue weighted by Gasteiger charge is 2.20. The fraction of sp³-hybridized carbons (Fsp3) is 0.0870. The first kappa shape index (κ1) is 21.9. The van der Waals surface area contributed by atoms with Gasteiger partial charge in [-0.05, 0) is 54.6 Å². The zero-order valence-electron chi connectivity index (χ0n) is 17.0. The van der Waals surface area contributed by atoms with Crippen LogP contribution in [0.25, 0.3) is 17.1 Å². The molecule has 6 nitrogen and oxygen atoms in total. The number of carbonyl (C=O) groups is 1. The Morgan fingerprint density at radius 1 is 1.09 bits per heavy atom. The van der Waals surface area contributed by atoms with E-state index < -0.39 is 5.82 Å². The molecule has 1 amide bonds. The molecule has 32 heavy (non-hydrogen) atoms. The number of aromatic nitrogens is 3. The molecule has 9 heteroatoms. The van der Waals surface area contributed by atoms with Crippen LogP contribution in [0.3, 0.4) is 0 Å². The van der Waals surface area contributed by atoms with Crippen LogP contribution in [0.4, 0.5) is 10.1 Å². The molecule has 0 fully saturated rings. The molecule has 0 unspecified atom stereocenters. The number of anilines is 1. The first-order valence-corrected chi connectivity index (χ1v) is 10.9. The number of methoxy groups -OCH3 is 1. The first-order valence-electron chi connectivity index (χ1n) is 9.58. The van der Waals surface area contributed by atoms with Crippen molar-refractivity contribution in [1.29, 1.82) is 0 Å². The number of hydrogen-bond acceptors (Lipinski definition) is 5. The van der Waals surface area contributed by atoms with E-state index in [1.807, 2.05) is 41.0 Å². The summed E-state index contributed by atoms with van der Waals surface area (Å²) in [5.41, 5.74) is 1.94. The number of ether oxygens (including phenoxy) is 1. The van der Waals surface area contributed by atoms with E-state index in [0.717, 1.165) is 11.3 Å². The van der Waals surface area contributed by atoms with Crippen molar-refractivity contribution in [3.8, 4) is 22.8 Å². The summed E-state index contributed by atoms with van der Waals surface area (Å²) in [5.74, 6) is 0.576. The van der Waals surface area contributed by atoms with Gasteiger partial charge in [0.2, 0.25) is 5.91 Å². The van der Waals surface area contributed by atoms with Gasteiger partial charge in [0.05, 0.1) is 18.4 Å². The standard InChI is InChI=1S/C23H18ClFN4O2S/c1-31-20-8-3-2-7-19(20)22-27-28-23(29(22)18-11-9-15(24)10-12-18)32-14-21(30)26-17-6-4-5-16(25)13-17/h2-13H,14H2,1H3,(H,26,30). The second kappa shape index (κ2) is 9.84. The zero-order chi connectivity index (χ0) is 22.5. The molecule has 4 rings (SSSR count). The normalized spacial score (nSPS) is 10.7. The second-order valence-corrected chi connectivity index (χ2v) is 8.04. The third-order valence-corrected chi connectivity index (χ3v) is 5.69. The Hall–Kier alpha value is -3.36. The molecule has 0 bridgehead atoms. The van der Waals surface area contributed by atoms with Crippen LogP contribution in [0, 0.1) is 5.82 Å². The van der Waals surface area contributed by atoms with Crippen molar-refractivity contribution >= 4 is 35.0 Å². The third-order valence-electron chi connectivity index (χ3n) is 4.51. The highest BCUT2D eigenvalue weighted by atomic mass is 35.5. The van der Waals surface area contributed by atoms with Crippen molar-refractivity contribution < 1.29 is 13.9 Å². The van der Waals surface area contributed by atoms with E-state index in [-0.39, 0.29) is 11.7 Å². The zero-order valence-corrected chi connectivity index (χ0v) is 18.5. The molecule has 0 saturated heterocycles. The van der Waals surface area contributed by atoms with Crippen molar-refractivity contribution in [1.82, 2.24) is 14.8 Å². The van der Waals surface area contributed by atoms with Gasteiger partial charge in [-0.25, -0.2) is 4.39 Å². The summed E-state index contributed by atoms with van der Waals surface area (Å²) in [5, 5.41) is 12.5. The van der Waals surface area contributed by atoms with E-state index in [2.05, 4.69) is 15.5 Å². The van der Waals surface area contributed by atoms with Crippen LogP contribution >= 0.6 is 23.4 Å². The minimum absolute atomic E-state index is 0.0637. The van der Waals surface area contributed by atoms with E-state index in [1.54, 1.807) is 25.3 Å². The summed E-state index contributed by atoms with van der Waals surface area (Å²) in [6.07, 6.45) is 0. The first-order chi connectivity index (χ1) is 15.5. The number of carbonyl (C=O) groups excluding carboxylic acids is 1. The maximum absolute atomic E-state index is 13.4. The summed E-state index contributed by atoms with van der Waals surface area (Å²) in [7, 11) is 1.59. The lowest BCUT2D eigenvalue weighted by Gasteiger charge is -2.12. The molecule has 0 atom stereocenters. The summed E-state index contributed by atoms with van der Waals surface area (Å²) in [6.45, 7) is 0. The molecule has 3 aromatic carbocycles. The van der Waals surface area contributed by atoms with Crippen LogP contribution in [0.2, 0.25) is 5.02 Å². The molecule has 0 aliphatic rings. The minimum atomic E-state index is -0.417. The van der Waals surface area contributed by atoms with Crippen molar-refractivity contribution in [2.24, 2.45) is 0 Å². The summed E-state index contributed by atoms with van der Waals surface area (Å²) in [4.78, 5) is 12.4. The number of halogens is 2. The number of rotatable bonds is 7. The highest BCUT2D eigenvalue weighted by Crippen LogP contribution is 2.33. The summed E-state index contributed by atoms with van der Waals surface area (Å²) >= 11 is 7.28. The van der Waals surface area contributed by atoms with Gasteiger partial charge in [-0.1, -0.05) is 41.6 Å². The minimum Gasteiger partial charge on any atom is -0.496 e. The van der Waals surface area contributed by atoms with Crippen molar-refractivity contribution in [3.05, 3.63) is 83.6 Å². The second-order valence-electron chi connectivity index (χ2n) is 6.67. The number of benzene rings is 3. The largest absolute Gasteiger partial charge is 0.496 e. The molecule has 0 spiro atoms. The van der Waals surface area contributed by atoms with Gasteiger partial charge in [-0.2, -0.15) is 0 Å². The monoisotopic (exact) mass is 468 g/mol. The summed E-state index contributed by atoms with van der Waals surface area (Å²) in [6, 6.07) is 20.5. The number of amides is 1. The van der Waals surface area contributed by atoms with Crippen molar-refractivity contribution in [2.75, 3.05) is 18.2 Å². The fourth-order valence-corrected chi connectivity index (χ4v) is 3.96. The van der Waals surface area contributed by atoms with E-state index in [9.17, 15) is 9.18 Å². The van der Waals surface area contributed by atoms with Crippen molar-refractivity contribution in [3.63, 3.8) is 0 Å². The quantitative estimate of drug-likeness (QED) is 0.364. The van der Waals surface area contributed by atoms with Crippen LogP contribution in [0.1, 0.15) is 0 Å². The molecule has 1 N–H and O–H groups in total. The number of thioether (sulfide) groups is 1. The van der Waals surface area contributed by atoms with Gasteiger partial charge < -0.3 is 10.1 Å². The Balaban J connectivity index is 1.64. The van der Waals surface area contributed by atoms with Gasteiger partial charge in [0.1, 0.15) is 11.6 Å². The van der Waals surface area contributed by atoms with Gasteiger partial charge >= 0.3 is 0 Å². The van der Waals surface area contributed by atoms with Crippen LogP contribution in [0.5, 0.6) is 5.75 Å². The van der Waals surface area contributed by atoms with Gasteiger partial charge in [-0.3, -0.25) is 9.36 Å². The maximum Gasteiger partial charge on any atom is 0.234 e. The average molecular weight is 469 g/mol. The van der Waals surface area contributed by atoms with Crippen LogP contribution in [0.15, 0.2) is 78.0 Å². The van der Waals surface area contributed by atoms with Crippen molar-refractivity contribution in [2.45, 2.75) is 5.16 Å². The molecule has 4 aromatic rings. The Bertz CT molecular complexity index is 1250. The number of hydrogen-bond donors (Lipinski definition) is 1. The predicted octanol–water partition coefficient (Wildman–Crippen LogP) is 5.47. The molecular weight excluding hydrogens is 451 g/mol. The molecule has 0 aliphatic carbocycles. The van der Waals surface area contributed by atoms with Gasteiger partial charge in [0.25, 0.3) is 0 Å². The lowest BCUT2D eigenvalue weighted by Crippen LogP contribution is -2.14. The van der Waals surface area contributed by atoms with E-state index in [0.29, 0.717) is 27.4 Å². The van der Waals surface area contributed by atoms with E-state index >= 15 is 0 Å². The third kappa shape index (κ3) is 4.92. The van der Waals surface area contributed by atoms with Crippen LogP contribution in [-0.2, 0) is 4.79 Å². The lowest BCUT2D eigenvalue weighted by molar-refractivity contribution is -0.113. The van der Waals surface area contributed by atoms with E-state index in [1.165, 1.54) is 30.0 Å². The number of nitrogens with zero attached hydrogens (tertiary/aromatic N) is 3. The average Bonchev–Trinajstić information content (AvgIpc) is 3.22. The maximum atomic E-state index is 13.4. The molecule has 0 radical (unpaired) electrons. The Morgan fingerprint density at radius 2 is 1.88 bits per heavy atom. The lowest BCUT2D eigenvalue weighted by atomic mass is 10.2. The van der Waals surface area contributed by atoms with Crippen LogP contribution in [-0.4, -0.2) is 33.5 Å². The molecule has 0 saturated carbocycles. The smallest absolute Gasteiger partial charge is 0.234 e. The molecular formula is C23H18ClFN4O2S. The van der Waals surface area contributed by atoms with Gasteiger partial charge in [0, 0.05) is 16.4 Å². The SMILES string of the molecule is COc1ccccc1-c1nnc(SCC(=O)Nc2cccc(F)c2)n1-c1ccc(Cl)cc1. The molecule has 0 aliphatic heterocycles. The molecule has 1 aromatic heterocycles. The Labute approximate surface area is 193 Å². The fourth-order valence-electron chi connectivity index (χ4n) is 3.08. The van der Waals surface area contributed by atoms with E-state index in [4.69, 9.17) is 16.3 Å². The predicted molar refractivity (Wildman–Crippen MR) is 124 cm³/mol. The number of nitrogens with one attached hydrogen (secondary N) is 1. The Morgan fingerprint density at radius 3 is 2.62 bits per heavy atom.